The van der Waals surface area contributed by atoms with Gasteiger partial charge in [0.25, 0.3) is 5.89 Å². The molecule has 0 unspecified atom stereocenters. The van der Waals surface area contributed by atoms with Crippen molar-refractivity contribution in [1.29, 1.82) is 0 Å². The molecular weight excluding hydrogens is 320 g/mol. The third-order valence-corrected chi connectivity index (χ3v) is 3.69. The van der Waals surface area contributed by atoms with Crippen LogP contribution < -0.4 is 5.32 Å². The number of aryl methyl sites for hydroxylation is 3. The molecule has 0 saturated heterocycles. The molecule has 3 aromatic heterocycles. The summed E-state index contributed by atoms with van der Waals surface area (Å²) in [6.45, 7) is 5.12. The summed E-state index contributed by atoms with van der Waals surface area (Å²) in [5.41, 5.74) is 2.69. The monoisotopic (exact) mass is 340 g/mol. The number of carbonyl (C=O) groups is 1. The summed E-state index contributed by atoms with van der Waals surface area (Å²) in [5, 5.41) is 15.3. The fraction of sp³-hybridized carbons (Fsp3) is 0.353. The number of amides is 1. The van der Waals surface area contributed by atoms with Crippen molar-refractivity contribution in [3.05, 3.63) is 47.7 Å². The molecule has 8 heteroatoms. The van der Waals surface area contributed by atoms with E-state index in [1.807, 2.05) is 36.7 Å². The average molecular weight is 340 g/mol. The Morgan fingerprint density at radius 1 is 1.28 bits per heavy atom. The van der Waals surface area contributed by atoms with Crippen LogP contribution in [0.4, 0.5) is 0 Å². The SMILES string of the molecule is CCn1nc(C)cc1-c1nnc(CCC(=O)NCc2ccncc2)o1. The number of nitrogens with zero attached hydrogens (tertiary/aromatic N) is 5. The number of pyridine rings is 1. The van der Waals surface area contributed by atoms with Crippen LogP contribution >= 0.6 is 0 Å². The molecule has 0 fully saturated rings. The minimum Gasteiger partial charge on any atom is -0.419 e. The van der Waals surface area contributed by atoms with E-state index in [0.29, 0.717) is 31.2 Å². The molecule has 0 bridgehead atoms. The summed E-state index contributed by atoms with van der Waals surface area (Å²) < 4.78 is 7.48. The number of nitrogens with one attached hydrogen (secondary N) is 1. The van der Waals surface area contributed by atoms with Gasteiger partial charge in [-0.2, -0.15) is 5.10 Å². The van der Waals surface area contributed by atoms with Crippen molar-refractivity contribution < 1.29 is 9.21 Å². The molecule has 1 N–H and O–H groups in total. The quantitative estimate of drug-likeness (QED) is 0.705. The summed E-state index contributed by atoms with van der Waals surface area (Å²) >= 11 is 0. The molecule has 0 aliphatic rings. The smallest absolute Gasteiger partial charge is 0.265 e. The second kappa shape index (κ2) is 7.69. The van der Waals surface area contributed by atoms with E-state index in [0.717, 1.165) is 23.5 Å². The van der Waals surface area contributed by atoms with Crippen LogP contribution in [0.25, 0.3) is 11.6 Å². The molecule has 3 rings (SSSR count). The lowest BCUT2D eigenvalue weighted by atomic mass is 10.2. The Kier molecular flexibility index (Phi) is 5.17. The maximum atomic E-state index is 11.9. The molecule has 0 aromatic carbocycles. The van der Waals surface area contributed by atoms with Crippen molar-refractivity contribution >= 4 is 5.91 Å². The number of aromatic nitrogens is 5. The second-order valence-electron chi connectivity index (χ2n) is 5.62. The fourth-order valence-corrected chi connectivity index (χ4v) is 2.43. The lowest BCUT2D eigenvalue weighted by Crippen LogP contribution is -2.23. The highest BCUT2D eigenvalue weighted by Crippen LogP contribution is 2.19. The topological polar surface area (TPSA) is 98.7 Å². The molecule has 0 atom stereocenters. The third kappa shape index (κ3) is 4.28. The summed E-state index contributed by atoms with van der Waals surface area (Å²) in [7, 11) is 0. The Balaban J connectivity index is 1.54. The average Bonchev–Trinajstić information content (AvgIpc) is 3.25. The van der Waals surface area contributed by atoms with Crippen LogP contribution in [0.2, 0.25) is 0 Å². The van der Waals surface area contributed by atoms with E-state index in [4.69, 9.17) is 4.42 Å². The Bertz CT molecular complexity index is 840. The van der Waals surface area contributed by atoms with E-state index in [1.54, 1.807) is 12.4 Å². The Labute approximate surface area is 145 Å². The van der Waals surface area contributed by atoms with Crippen molar-refractivity contribution in [1.82, 2.24) is 30.3 Å². The highest BCUT2D eigenvalue weighted by atomic mass is 16.4. The molecule has 8 nitrogen and oxygen atoms in total. The number of carbonyl (C=O) groups excluding carboxylic acids is 1. The van der Waals surface area contributed by atoms with E-state index in [-0.39, 0.29) is 5.91 Å². The lowest BCUT2D eigenvalue weighted by molar-refractivity contribution is -0.121. The molecule has 25 heavy (non-hydrogen) atoms. The summed E-state index contributed by atoms with van der Waals surface area (Å²) in [5.74, 6) is 0.802. The first kappa shape index (κ1) is 16.8. The normalized spacial score (nSPS) is 10.8. The highest BCUT2D eigenvalue weighted by molar-refractivity contribution is 5.76. The van der Waals surface area contributed by atoms with Gasteiger partial charge in [0.1, 0.15) is 5.69 Å². The van der Waals surface area contributed by atoms with Crippen molar-refractivity contribution in [2.45, 2.75) is 39.8 Å². The van der Waals surface area contributed by atoms with Gasteiger partial charge in [-0.3, -0.25) is 14.5 Å². The van der Waals surface area contributed by atoms with Gasteiger partial charge in [0.2, 0.25) is 11.8 Å². The van der Waals surface area contributed by atoms with Crippen molar-refractivity contribution in [2.24, 2.45) is 0 Å². The van der Waals surface area contributed by atoms with E-state index >= 15 is 0 Å². The first-order valence-corrected chi connectivity index (χ1v) is 8.18. The minimum absolute atomic E-state index is 0.0639. The first-order valence-electron chi connectivity index (χ1n) is 8.18. The van der Waals surface area contributed by atoms with Crippen molar-refractivity contribution in [3.8, 4) is 11.6 Å². The molecule has 0 radical (unpaired) electrons. The van der Waals surface area contributed by atoms with Gasteiger partial charge >= 0.3 is 0 Å². The Morgan fingerprint density at radius 2 is 2.08 bits per heavy atom. The lowest BCUT2D eigenvalue weighted by Gasteiger charge is -2.03. The van der Waals surface area contributed by atoms with Crippen LogP contribution in [0.1, 0.15) is 30.5 Å². The van der Waals surface area contributed by atoms with Crippen molar-refractivity contribution in [2.75, 3.05) is 0 Å². The summed E-state index contributed by atoms with van der Waals surface area (Å²) in [4.78, 5) is 15.9. The van der Waals surface area contributed by atoms with Gasteiger partial charge in [0.15, 0.2) is 0 Å². The van der Waals surface area contributed by atoms with Crippen LogP contribution in [0, 0.1) is 6.92 Å². The second-order valence-corrected chi connectivity index (χ2v) is 5.62. The van der Waals surface area contributed by atoms with Crippen LogP contribution in [0.15, 0.2) is 35.0 Å². The van der Waals surface area contributed by atoms with Gasteiger partial charge in [0.05, 0.1) is 5.69 Å². The largest absolute Gasteiger partial charge is 0.419 e. The first-order chi connectivity index (χ1) is 12.2. The molecule has 3 aromatic rings. The maximum absolute atomic E-state index is 11.9. The van der Waals surface area contributed by atoms with E-state index < -0.39 is 0 Å². The molecule has 3 heterocycles. The van der Waals surface area contributed by atoms with E-state index in [1.165, 1.54) is 0 Å². The van der Waals surface area contributed by atoms with Crippen LogP contribution in [0.3, 0.4) is 0 Å². The van der Waals surface area contributed by atoms with Gasteiger partial charge in [-0.05, 0) is 37.6 Å². The molecule has 130 valence electrons. The molecule has 0 aliphatic carbocycles. The maximum Gasteiger partial charge on any atom is 0.265 e. The molecule has 0 aliphatic heterocycles. The predicted octanol–water partition coefficient (Wildman–Crippen LogP) is 1.91. The number of hydrogen-bond donors (Lipinski definition) is 1. The highest BCUT2D eigenvalue weighted by Gasteiger charge is 2.15. The fourth-order valence-electron chi connectivity index (χ4n) is 2.43. The van der Waals surface area contributed by atoms with Crippen LogP contribution in [0.5, 0.6) is 0 Å². The van der Waals surface area contributed by atoms with Gasteiger partial charge in [0, 0.05) is 38.3 Å². The number of hydrogen-bond acceptors (Lipinski definition) is 6. The molecule has 1 amide bonds. The van der Waals surface area contributed by atoms with Gasteiger partial charge in [-0.25, -0.2) is 0 Å². The zero-order valence-electron chi connectivity index (χ0n) is 14.3. The van der Waals surface area contributed by atoms with E-state index in [2.05, 4.69) is 25.6 Å². The van der Waals surface area contributed by atoms with Gasteiger partial charge in [-0.15, -0.1) is 10.2 Å². The zero-order valence-corrected chi connectivity index (χ0v) is 14.3. The van der Waals surface area contributed by atoms with Crippen LogP contribution in [-0.4, -0.2) is 30.9 Å². The van der Waals surface area contributed by atoms with E-state index in [9.17, 15) is 4.79 Å². The number of rotatable bonds is 7. The van der Waals surface area contributed by atoms with Gasteiger partial charge < -0.3 is 9.73 Å². The predicted molar refractivity (Wildman–Crippen MR) is 90.3 cm³/mol. The van der Waals surface area contributed by atoms with Crippen molar-refractivity contribution in [3.63, 3.8) is 0 Å². The van der Waals surface area contributed by atoms with Gasteiger partial charge in [-0.1, -0.05) is 0 Å². The molecule has 0 saturated carbocycles. The third-order valence-electron chi connectivity index (χ3n) is 3.69. The minimum atomic E-state index is -0.0639. The standard InChI is InChI=1S/C17H20N6O2/c1-3-23-14(10-12(2)22-23)17-21-20-16(25-17)5-4-15(24)19-11-13-6-8-18-9-7-13/h6-10H,3-5,11H2,1-2H3,(H,19,24). The Morgan fingerprint density at radius 3 is 2.84 bits per heavy atom. The summed E-state index contributed by atoms with van der Waals surface area (Å²) in [6, 6.07) is 5.63. The summed E-state index contributed by atoms with van der Waals surface area (Å²) in [6.07, 6.45) is 4.08. The van der Waals surface area contributed by atoms with Crippen LogP contribution in [-0.2, 0) is 24.3 Å². The molecular formula is C17H20N6O2. The molecule has 0 spiro atoms. The zero-order chi connectivity index (χ0) is 17.6. The Hall–Kier alpha value is -3.03.